The highest BCUT2D eigenvalue weighted by atomic mass is 79.9. The summed E-state index contributed by atoms with van der Waals surface area (Å²) in [5.74, 6) is 0. The molecule has 0 fully saturated rings. The Labute approximate surface area is 129 Å². The predicted molar refractivity (Wildman–Crippen MR) is 88.6 cm³/mol. The maximum Gasteiger partial charge on any atom is 0.189 e. The second-order valence-corrected chi connectivity index (χ2v) is 5.88. The second-order valence-electron chi connectivity index (χ2n) is 4.20. The lowest BCUT2D eigenvalue weighted by Crippen LogP contribution is -1.92. The van der Waals surface area contributed by atoms with Gasteiger partial charge in [-0.3, -0.25) is 0 Å². The summed E-state index contributed by atoms with van der Waals surface area (Å²) < 4.78 is 2.94. The third-order valence-corrected chi connectivity index (χ3v) is 4.04. The highest BCUT2D eigenvalue weighted by Crippen LogP contribution is 2.22. The maximum absolute atomic E-state index is 4.56. The molecule has 3 aromatic rings. The van der Waals surface area contributed by atoms with E-state index in [4.69, 9.17) is 0 Å². The van der Waals surface area contributed by atoms with E-state index >= 15 is 0 Å². The van der Waals surface area contributed by atoms with E-state index in [1.807, 2.05) is 65.7 Å². The Kier molecular flexibility index (Phi) is 3.89. The van der Waals surface area contributed by atoms with Crippen LogP contribution in [0.1, 0.15) is 5.56 Å². The van der Waals surface area contributed by atoms with E-state index in [1.54, 1.807) is 11.8 Å². The van der Waals surface area contributed by atoms with Crippen LogP contribution in [0.4, 0.5) is 0 Å². The van der Waals surface area contributed by atoms with Gasteiger partial charge < -0.3 is 0 Å². The zero-order valence-electron chi connectivity index (χ0n) is 10.8. The Morgan fingerprint density at radius 1 is 1.15 bits per heavy atom. The Balaban J connectivity index is 2.03. The molecule has 5 heteroatoms. The van der Waals surface area contributed by atoms with Gasteiger partial charge in [0, 0.05) is 4.47 Å². The van der Waals surface area contributed by atoms with E-state index in [0.717, 1.165) is 26.2 Å². The number of hydrogen-bond donors (Lipinski definition) is 0. The molecule has 0 aliphatic heterocycles. The van der Waals surface area contributed by atoms with E-state index in [-0.39, 0.29) is 0 Å². The summed E-state index contributed by atoms with van der Waals surface area (Å²) >= 11 is 5.02. The Morgan fingerprint density at radius 3 is 2.65 bits per heavy atom. The molecular formula is C15H12BrN3S. The van der Waals surface area contributed by atoms with Gasteiger partial charge in [0.2, 0.25) is 0 Å². The van der Waals surface area contributed by atoms with Crippen molar-refractivity contribution < 1.29 is 0 Å². The van der Waals surface area contributed by atoms with Crippen LogP contribution in [0, 0.1) is 0 Å². The molecule has 2 aromatic carbocycles. The van der Waals surface area contributed by atoms with Gasteiger partial charge >= 0.3 is 0 Å². The Morgan fingerprint density at radius 2 is 1.90 bits per heavy atom. The van der Waals surface area contributed by atoms with Crippen LogP contribution in [-0.4, -0.2) is 22.1 Å². The molecule has 1 aromatic heterocycles. The van der Waals surface area contributed by atoms with Crippen LogP contribution in [-0.2, 0) is 0 Å². The summed E-state index contributed by atoms with van der Waals surface area (Å²) in [6.07, 6.45) is 3.85. The van der Waals surface area contributed by atoms with Crippen LogP contribution in [0.5, 0.6) is 0 Å². The van der Waals surface area contributed by atoms with Crippen LogP contribution >= 0.6 is 27.7 Å². The Hall–Kier alpha value is -1.59. The largest absolute Gasteiger partial charge is 0.221 e. The fraction of sp³-hybridized carbons (Fsp3) is 0.0667. The SMILES string of the molecule is CSc1nc2ccccc2n1N=Cc1ccc(Br)cc1. The third-order valence-electron chi connectivity index (χ3n) is 2.88. The number of thioether (sulfide) groups is 1. The molecule has 0 N–H and O–H groups in total. The lowest BCUT2D eigenvalue weighted by atomic mass is 10.2. The molecule has 100 valence electrons. The minimum Gasteiger partial charge on any atom is -0.221 e. The van der Waals surface area contributed by atoms with Crippen molar-refractivity contribution in [3.8, 4) is 0 Å². The maximum atomic E-state index is 4.56. The van der Waals surface area contributed by atoms with Crippen molar-refractivity contribution in [1.29, 1.82) is 0 Å². The van der Waals surface area contributed by atoms with Crippen LogP contribution in [0.3, 0.4) is 0 Å². The molecule has 0 bridgehead atoms. The number of fused-ring (bicyclic) bond motifs is 1. The van der Waals surface area contributed by atoms with Crippen LogP contribution in [0.2, 0.25) is 0 Å². The molecular weight excluding hydrogens is 334 g/mol. The molecule has 0 saturated heterocycles. The van der Waals surface area contributed by atoms with Crippen molar-refractivity contribution in [3.05, 3.63) is 58.6 Å². The van der Waals surface area contributed by atoms with Crippen LogP contribution in [0.25, 0.3) is 11.0 Å². The van der Waals surface area contributed by atoms with Gasteiger partial charge in [-0.05, 0) is 36.1 Å². The average molecular weight is 346 g/mol. The van der Waals surface area contributed by atoms with Crippen molar-refractivity contribution >= 4 is 44.9 Å². The molecule has 0 atom stereocenters. The normalized spacial score (nSPS) is 11.5. The number of benzene rings is 2. The fourth-order valence-corrected chi connectivity index (χ4v) is 2.68. The zero-order valence-corrected chi connectivity index (χ0v) is 13.2. The molecule has 20 heavy (non-hydrogen) atoms. The van der Waals surface area contributed by atoms with Crippen molar-refractivity contribution in [2.24, 2.45) is 5.10 Å². The van der Waals surface area contributed by atoms with Gasteiger partial charge in [0.15, 0.2) is 5.16 Å². The molecule has 3 nitrogen and oxygen atoms in total. The van der Waals surface area contributed by atoms with E-state index in [2.05, 4.69) is 26.0 Å². The minimum absolute atomic E-state index is 0.888. The summed E-state index contributed by atoms with van der Waals surface area (Å²) in [6.45, 7) is 0. The monoisotopic (exact) mass is 345 g/mol. The summed E-state index contributed by atoms with van der Waals surface area (Å²) in [6, 6.07) is 16.1. The quantitative estimate of drug-likeness (QED) is 0.520. The first-order chi connectivity index (χ1) is 9.78. The molecule has 3 rings (SSSR count). The van der Waals surface area contributed by atoms with E-state index in [0.29, 0.717) is 0 Å². The predicted octanol–water partition coefficient (Wildman–Crippen LogP) is 4.40. The van der Waals surface area contributed by atoms with Gasteiger partial charge in [0.25, 0.3) is 0 Å². The molecule has 0 spiro atoms. The van der Waals surface area contributed by atoms with E-state index in [1.165, 1.54) is 0 Å². The van der Waals surface area contributed by atoms with Crippen molar-refractivity contribution in [2.75, 3.05) is 6.26 Å². The van der Waals surface area contributed by atoms with E-state index < -0.39 is 0 Å². The number of aromatic nitrogens is 2. The lowest BCUT2D eigenvalue weighted by Gasteiger charge is -2.00. The van der Waals surface area contributed by atoms with Gasteiger partial charge in [-0.25, -0.2) is 9.66 Å². The molecule has 1 heterocycles. The first-order valence-corrected chi connectivity index (χ1v) is 8.11. The second kappa shape index (κ2) is 5.81. The standard InChI is InChI=1S/C15H12BrN3S/c1-20-15-18-13-4-2-3-5-14(13)19(15)17-10-11-6-8-12(16)9-7-11/h2-10H,1H3. The van der Waals surface area contributed by atoms with Gasteiger partial charge in [-0.15, -0.1) is 0 Å². The molecule has 0 amide bonds. The van der Waals surface area contributed by atoms with Gasteiger partial charge in [0.05, 0.1) is 17.2 Å². The number of nitrogens with zero attached hydrogens (tertiary/aromatic N) is 3. The van der Waals surface area contributed by atoms with Gasteiger partial charge in [-0.2, -0.15) is 5.10 Å². The topological polar surface area (TPSA) is 30.2 Å². The zero-order chi connectivity index (χ0) is 13.9. The van der Waals surface area contributed by atoms with Crippen LogP contribution < -0.4 is 0 Å². The summed E-state index contributed by atoms with van der Waals surface area (Å²) in [5, 5.41) is 5.45. The Bertz CT molecular complexity index is 762. The summed E-state index contributed by atoms with van der Waals surface area (Å²) in [5.41, 5.74) is 3.04. The van der Waals surface area contributed by atoms with Gasteiger partial charge in [0.1, 0.15) is 0 Å². The fourth-order valence-electron chi connectivity index (χ4n) is 1.91. The molecule has 0 saturated carbocycles. The van der Waals surface area contributed by atoms with Crippen molar-refractivity contribution in [1.82, 2.24) is 9.66 Å². The molecule has 0 aliphatic carbocycles. The smallest absolute Gasteiger partial charge is 0.189 e. The van der Waals surface area contributed by atoms with Gasteiger partial charge in [-0.1, -0.05) is 52.0 Å². The highest BCUT2D eigenvalue weighted by Gasteiger charge is 2.07. The molecule has 0 radical (unpaired) electrons. The molecule has 0 unspecified atom stereocenters. The first-order valence-electron chi connectivity index (χ1n) is 6.09. The highest BCUT2D eigenvalue weighted by molar-refractivity contribution is 9.10. The minimum atomic E-state index is 0.888. The van der Waals surface area contributed by atoms with Crippen molar-refractivity contribution in [2.45, 2.75) is 5.16 Å². The van der Waals surface area contributed by atoms with E-state index in [9.17, 15) is 0 Å². The number of hydrogen-bond acceptors (Lipinski definition) is 3. The third kappa shape index (κ3) is 2.64. The number of para-hydroxylation sites is 2. The molecule has 0 aliphatic rings. The number of imidazole rings is 1. The van der Waals surface area contributed by atoms with Crippen LogP contribution in [0.15, 0.2) is 63.3 Å². The lowest BCUT2D eigenvalue weighted by molar-refractivity contribution is 0.794. The number of rotatable bonds is 3. The van der Waals surface area contributed by atoms with Crippen molar-refractivity contribution in [3.63, 3.8) is 0 Å². The summed E-state index contributed by atoms with van der Waals surface area (Å²) in [4.78, 5) is 4.56. The summed E-state index contributed by atoms with van der Waals surface area (Å²) in [7, 11) is 0. The number of halogens is 1. The first kappa shape index (κ1) is 13.4. The average Bonchev–Trinajstić information content (AvgIpc) is 2.84.